The highest BCUT2D eigenvalue weighted by Crippen LogP contribution is 2.09. The van der Waals surface area contributed by atoms with Crippen LogP contribution >= 0.6 is 0 Å². The molecule has 0 fully saturated rings. The Hall–Kier alpha value is -2.90. The molecule has 3 amide bonds. The van der Waals surface area contributed by atoms with Gasteiger partial charge in [0.1, 0.15) is 0 Å². The van der Waals surface area contributed by atoms with Gasteiger partial charge in [0.25, 0.3) is 5.91 Å². The van der Waals surface area contributed by atoms with E-state index in [0.29, 0.717) is 17.8 Å². The van der Waals surface area contributed by atoms with Gasteiger partial charge in [-0.3, -0.25) is 14.9 Å². The lowest BCUT2D eigenvalue weighted by molar-refractivity contribution is 0.0950. The van der Waals surface area contributed by atoms with Crippen LogP contribution in [0.5, 0.6) is 0 Å². The molecule has 2 rings (SSSR count). The van der Waals surface area contributed by atoms with Gasteiger partial charge in [0.2, 0.25) is 0 Å². The van der Waals surface area contributed by atoms with E-state index in [9.17, 15) is 9.59 Å². The third kappa shape index (κ3) is 4.31. The van der Waals surface area contributed by atoms with Crippen molar-refractivity contribution in [3.63, 3.8) is 0 Å². The van der Waals surface area contributed by atoms with Crippen LogP contribution in [0.15, 0.2) is 18.3 Å². The second-order valence-electron chi connectivity index (χ2n) is 5.68. The largest absolute Gasteiger partial charge is 0.348 e. The fourth-order valence-corrected chi connectivity index (χ4v) is 2.15. The predicted molar refractivity (Wildman–Crippen MR) is 89.4 cm³/mol. The first-order valence-electron chi connectivity index (χ1n) is 7.57. The molecule has 0 aliphatic heterocycles. The van der Waals surface area contributed by atoms with Gasteiger partial charge in [0.15, 0.2) is 0 Å². The molecule has 0 spiro atoms. The number of aromatic nitrogens is 3. The SMILES string of the molecule is Cc1n[nH]c(C)c1CNC(=O)c1ccnc(CNC(=O)N(C)C)c1. The highest BCUT2D eigenvalue weighted by molar-refractivity contribution is 5.94. The van der Waals surface area contributed by atoms with E-state index in [4.69, 9.17) is 0 Å². The van der Waals surface area contributed by atoms with Crippen molar-refractivity contribution in [3.8, 4) is 0 Å². The van der Waals surface area contributed by atoms with Gasteiger partial charge in [-0.1, -0.05) is 0 Å². The van der Waals surface area contributed by atoms with Crippen LogP contribution in [0.1, 0.15) is 33.0 Å². The number of amides is 3. The van der Waals surface area contributed by atoms with Gasteiger partial charge in [0, 0.05) is 43.7 Å². The lowest BCUT2D eigenvalue weighted by atomic mass is 10.1. The molecule has 0 bridgehead atoms. The van der Waals surface area contributed by atoms with Crippen molar-refractivity contribution in [1.29, 1.82) is 0 Å². The summed E-state index contributed by atoms with van der Waals surface area (Å²) in [5.41, 5.74) is 3.91. The van der Waals surface area contributed by atoms with Gasteiger partial charge in [-0.15, -0.1) is 0 Å². The van der Waals surface area contributed by atoms with Gasteiger partial charge in [0.05, 0.1) is 17.9 Å². The summed E-state index contributed by atoms with van der Waals surface area (Å²) < 4.78 is 0. The van der Waals surface area contributed by atoms with Crippen LogP contribution in [0.4, 0.5) is 4.79 Å². The molecule has 2 aromatic rings. The summed E-state index contributed by atoms with van der Waals surface area (Å²) in [4.78, 5) is 29.4. The van der Waals surface area contributed by atoms with E-state index in [1.54, 1.807) is 32.4 Å². The number of aromatic amines is 1. The predicted octanol–water partition coefficient (Wildman–Crippen LogP) is 1.12. The van der Waals surface area contributed by atoms with Gasteiger partial charge in [-0.2, -0.15) is 5.10 Å². The van der Waals surface area contributed by atoms with Gasteiger partial charge < -0.3 is 15.5 Å². The summed E-state index contributed by atoms with van der Waals surface area (Å²) in [6, 6.07) is 3.10. The zero-order chi connectivity index (χ0) is 17.7. The quantitative estimate of drug-likeness (QED) is 0.764. The minimum atomic E-state index is -0.211. The summed E-state index contributed by atoms with van der Waals surface area (Å²) in [6.07, 6.45) is 1.56. The molecule has 0 aliphatic carbocycles. The average molecular weight is 330 g/mol. The van der Waals surface area contributed by atoms with Crippen molar-refractivity contribution in [1.82, 2.24) is 30.7 Å². The Morgan fingerprint density at radius 2 is 1.96 bits per heavy atom. The van der Waals surface area contributed by atoms with Crippen LogP contribution in [0, 0.1) is 13.8 Å². The third-order valence-electron chi connectivity index (χ3n) is 3.61. The molecule has 0 aliphatic rings. The number of aryl methyl sites for hydroxylation is 2. The molecule has 3 N–H and O–H groups in total. The molecule has 0 saturated carbocycles. The normalized spacial score (nSPS) is 10.3. The minimum Gasteiger partial charge on any atom is -0.348 e. The Kier molecular flexibility index (Phi) is 5.51. The van der Waals surface area contributed by atoms with E-state index in [0.717, 1.165) is 17.0 Å². The van der Waals surface area contributed by atoms with Crippen LogP contribution in [-0.4, -0.2) is 46.1 Å². The number of H-pyrrole nitrogens is 1. The number of carbonyl (C=O) groups is 2. The third-order valence-corrected chi connectivity index (χ3v) is 3.61. The smallest absolute Gasteiger partial charge is 0.317 e. The Balaban J connectivity index is 1.97. The van der Waals surface area contributed by atoms with Crippen LogP contribution in [-0.2, 0) is 13.1 Å². The van der Waals surface area contributed by atoms with Crippen molar-refractivity contribution in [2.24, 2.45) is 0 Å². The van der Waals surface area contributed by atoms with Crippen molar-refractivity contribution < 1.29 is 9.59 Å². The molecule has 0 atom stereocenters. The maximum atomic E-state index is 12.3. The number of hydrogen-bond donors (Lipinski definition) is 3. The Bertz CT molecular complexity index is 718. The van der Waals surface area contributed by atoms with Crippen LogP contribution in [0.25, 0.3) is 0 Å². The van der Waals surface area contributed by atoms with E-state index in [2.05, 4.69) is 25.8 Å². The summed E-state index contributed by atoms with van der Waals surface area (Å²) in [5.74, 6) is -0.197. The topological polar surface area (TPSA) is 103 Å². The van der Waals surface area contributed by atoms with Crippen LogP contribution in [0.3, 0.4) is 0 Å². The van der Waals surface area contributed by atoms with Crippen molar-refractivity contribution in [2.75, 3.05) is 14.1 Å². The minimum absolute atomic E-state index is 0.197. The molecule has 0 radical (unpaired) electrons. The summed E-state index contributed by atoms with van der Waals surface area (Å²) in [7, 11) is 3.32. The number of urea groups is 1. The first kappa shape index (κ1) is 17.5. The number of pyridine rings is 1. The zero-order valence-electron chi connectivity index (χ0n) is 14.3. The van der Waals surface area contributed by atoms with Crippen molar-refractivity contribution >= 4 is 11.9 Å². The monoisotopic (exact) mass is 330 g/mol. The fraction of sp³-hybridized carbons (Fsp3) is 0.375. The lowest BCUT2D eigenvalue weighted by Crippen LogP contribution is -2.34. The number of nitrogens with one attached hydrogen (secondary N) is 3. The second-order valence-corrected chi connectivity index (χ2v) is 5.68. The zero-order valence-corrected chi connectivity index (χ0v) is 14.3. The number of carbonyl (C=O) groups excluding carboxylic acids is 2. The standard InChI is InChI=1S/C16H22N6O2/c1-10-14(11(2)21-20-10)9-18-15(23)12-5-6-17-13(7-12)8-19-16(24)22(3)4/h5-7H,8-9H2,1-4H3,(H,18,23)(H,19,24)(H,20,21). The van der Waals surface area contributed by atoms with Crippen LogP contribution < -0.4 is 10.6 Å². The molecular formula is C16H22N6O2. The summed E-state index contributed by atoms with van der Waals surface area (Å²) >= 11 is 0. The molecule has 2 aromatic heterocycles. The molecule has 0 saturated heterocycles. The Labute approximate surface area is 140 Å². The lowest BCUT2D eigenvalue weighted by Gasteiger charge is -2.12. The first-order valence-corrected chi connectivity index (χ1v) is 7.57. The van der Waals surface area contributed by atoms with E-state index < -0.39 is 0 Å². The second kappa shape index (κ2) is 7.58. The maximum Gasteiger partial charge on any atom is 0.317 e. The van der Waals surface area contributed by atoms with E-state index in [1.165, 1.54) is 4.90 Å². The van der Waals surface area contributed by atoms with Gasteiger partial charge in [-0.05, 0) is 26.0 Å². The molecule has 8 heteroatoms. The first-order chi connectivity index (χ1) is 11.4. The average Bonchev–Trinajstić information content (AvgIpc) is 2.88. The van der Waals surface area contributed by atoms with E-state index >= 15 is 0 Å². The Morgan fingerprint density at radius 3 is 2.58 bits per heavy atom. The number of nitrogens with zero attached hydrogens (tertiary/aromatic N) is 3. The van der Waals surface area contributed by atoms with E-state index in [-0.39, 0.29) is 18.5 Å². The molecule has 8 nitrogen and oxygen atoms in total. The molecular weight excluding hydrogens is 308 g/mol. The molecule has 24 heavy (non-hydrogen) atoms. The van der Waals surface area contributed by atoms with Crippen molar-refractivity contribution in [3.05, 3.63) is 46.5 Å². The van der Waals surface area contributed by atoms with Crippen molar-refractivity contribution in [2.45, 2.75) is 26.9 Å². The highest BCUT2D eigenvalue weighted by atomic mass is 16.2. The van der Waals surface area contributed by atoms with Crippen LogP contribution in [0.2, 0.25) is 0 Å². The fourth-order valence-electron chi connectivity index (χ4n) is 2.15. The summed E-state index contributed by atoms with van der Waals surface area (Å²) in [5, 5.41) is 12.6. The number of hydrogen-bond acceptors (Lipinski definition) is 4. The van der Waals surface area contributed by atoms with Gasteiger partial charge in [-0.25, -0.2) is 4.79 Å². The molecule has 128 valence electrons. The number of rotatable bonds is 5. The highest BCUT2D eigenvalue weighted by Gasteiger charge is 2.11. The maximum absolute atomic E-state index is 12.3. The molecule has 2 heterocycles. The summed E-state index contributed by atoms with van der Waals surface area (Å²) in [6.45, 7) is 4.47. The Morgan fingerprint density at radius 1 is 1.21 bits per heavy atom. The van der Waals surface area contributed by atoms with E-state index in [1.807, 2.05) is 13.8 Å². The molecule has 0 aromatic carbocycles. The molecule has 0 unspecified atom stereocenters. The van der Waals surface area contributed by atoms with Gasteiger partial charge >= 0.3 is 6.03 Å².